The van der Waals surface area contributed by atoms with E-state index in [1.807, 2.05) is 0 Å². The van der Waals surface area contributed by atoms with Crippen LogP contribution in [-0.2, 0) is 16.4 Å². The highest BCUT2D eigenvalue weighted by Gasteiger charge is 2.19. The molecule has 8 heteroatoms. The lowest BCUT2D eigenvalue weighted by Gasteiger charge is -2.20. The molecule has 3 aromatic rings. The Morgan fingerprint density at radius 2 is 1.84 bits per heavy atom. The van der Waals surface area contributed by atoms with Crippen LogP contribution in [0.2, 0.25) is 0 Å². The van der Waals surface area contributed by atoms with Gasteiger partial charge in [-0.1, -0.05) is 17.7 Å². The van der Waals surface area contributed by atoms with E-state index >= 15 is 0 Å². The topological polar surface area (TPSA) is 87.6 Å². The number of thiophene rings is 1. The number of benzene rings is 2. The lowest BCUT2D eigenvalue weighted by atomic mass is 9.86. The fraction of sp³-hybridized carbons (Fsp3) is 0.217. The predicted octanol–water partition coefficient (Wildman–Crippen LogP) is 4.64. The number of nitrogens with one attached hydrogen (secondary N) is 2. The summed E-state index contributed by atoms with van der Waals surface area (Å²) in [4.78, 5) is 12.6. The summed E-state index contributed by atoms with van der Waals surface area (Å²) in [5.41, 5.74) is 9.18. The van der Waals surface area contributed by atoms with Gasteiger partial charge in [0.15, 0.2) is 0 Å². The van der Waals surface area contributed by atoms with E-state index in [1.54, 1.807) is 41.8 Å². The van der Waals surface area contributed by atoms with Gasteiger partial charge in [0, 0.05) is 16.8 Å². The van der Waals surface area contributed by atoms with Gasteiger partial charge in [-0.05, 0) is 86.0 Å². The van der Waals surface area contributed by atoms with Crippen LogP contribution in [0.15, 0.2) is 63.2 Å². The number of anilines is 1. The molecule has 6 nitrogen and oxygen atoms in total. The molecule has 1 aliphatic rings. The van der Waals surface area contributed by atoms with Gasteiger partial charge in [0.25, 0.3) is 15.9 Å². The monoisotopic (exact) mass is 453 g/mol. The SMILES string of the molecule is Cc1cc(C)c2c(c1)/C(=N\NC(=O)c1ccc(NS(=O)(=O)c3cccs3)cc1)CCC2. The lowest BCUT2D eigenvalue weighted by molar-refractivity contribution is 0.0954. The zero-order valence-corrected chi connectivity index (χ0v) is 18.9. The normalized spacial score (nSPS) is 14.8. The van der Waals surface area contributed by atoms with Crippen LogP contribution in [0.3, 0.4) is 0 Å². The Morgan fingerprint density at radius 1 is 1.06 bits per heavy atom. The smallest absolute Gasteiger partial charge is 0.271 e. The summed E-state index contributed by atoms with van der Waals surface area (Å²) < 4.78 is 27.4. The molecule has 2 N–H and O–H groups in total. The maximum atomic E-state index is 12.6. The molecular weight excluding hydrogens is 430 g/mol. The molecule has 0 spiro atoms. The number of rotatable bonds is 5. The quantitative estimate of drug-likeness (QED) is 0.552. The number of aryl methyl sites for hydroxylation is 2. The van der Waals surface area contributed by atoms with E-state index < -0.39 is 10.0 Å². The predicted molar refractivity (Wildman–Crippen MR) is 124 cm³/mol. The second-order valence-corrected chi connectivity index (χ2v) is 10.4. The molecule has 31 heavy (non-hydrogen) atoms. The first kappa shape index (κ1) is 21.3. The molecule has 0 saturated carbocycles. The van der Waals surface area contributed by atoms with E-state index in [1.165, 1.54) is 16.7 Å². The summed E-state index contributed by atoms with van der Waals surface area (Å²) >= 11 is 1.14. The lowest BCUT2D eigenvalue weighted by Crippen LogP contribution is -2.22. The van der Waals surface area contributed by atoms with E-state index in [2.05, 4.69) is 41.2 Å². The summed E-state index contributed by atoms with van der Waals surface area (Å²) in [7, 11) is -3.62. The zero-order chi connectivity index (χ0) is 22.0. The average molecular weight is 454 g/mol. The molecule has 0 saturated heterocycles. The Kier molecular flexibility index (Phi) is 5.93. The van der Waals surface area contributed by atoms with Crippen LogP contribution >= 0.6 is 11.3 Å². The minimum absolute atomic E-state index is 0.239. The summed E-state index contributed by atoms with van der Waals surface area (Å²) in [5, 5.41) is 6.11. The molecule has 0 aliphatic heterocycles. The molecular formula is C23H23N3O3S2. The summed E-state index contributed by atoms with van der Waals surface area (Å²) in [6.45, 7) is 4.17. The third-order valence-electron chi connectivity index (χ3n) is 5.22. The van der Waals surface area contributed by atoms with Crippen LogP contribution < -0.4 is 10.1 Å². The van der Waals surface area contributed by atoms with Gasteiger partial charge in [0.05, 0.1) is 5.71 Å². The number of sulfonamides is 1. The van der Waals surface area contributed by atoms with Gasteiger partial charge < -0.3 is 0 Å². The number of amides is 1. The van der Waals surface area contributed by atoms with Crippen molar-refractivity contribution in [1.29, 1.82) is 0 Å². The molecule has 1 amide bonds. The molecule has 0 atom stereocenters. The Hall–Kier alpha value is -2.97. The number of fused-ring (bicyclic) bond motifs is 1. The van der Waals surface area contributed by atoms with Crippen molar-refractivity contribution in [3.05, 3.63) is 81.7 Å². The minimum Gasteiger partial charge on any atom is -0.279 e. The third kappa shape index (κ3) is 4.70. The largest absolute Gasteiger partial charge is 0.279 e. The molecule has 0 radical (unpaired) electrons. The van der Waals surface area contributed by atoms with Gasteiger partial charge in [-0.3, -0.25) is 9.52 Å². The van der Waals surface area contributed by atoms with Gasteiger partial charge in [-0.25, -0.2) is 13.8 Å². The maximum Gasteiger partial charge on any atom is 0.271 e. The Bertz CT molecular complexity index is 1250. The highest BCUT2D eigenvalue weighted by atomic mass is 32.2. The van der Waals surface area contributed by atoms with Crippen LogP contribution in [0, 0.1) is 13.8 Å². The van der Waals surface area contributed by atoms with Gasteiger partial charge in [0.2, 0.25) is 0 Å². The zero-order valence-electron chi connectivity index (χ0n) is 17.3. The Balaban J connectivity index is 1.47. The highest BCUT2D eigenvalue weighted by molar-refractivity contribution is 7.94. The molecule has 0 fully saturated rings. The molecule has 160 valence electrons. The van der Waals surface area contributed by atoms with Crippen molar-refractivity contribution >= 4 is 38.7 Å². The number of hydrazone groups is 1. The minimum atomic E-state index is -3.62. The van der Waals surface area contributed by atoms with Crippen molar-refractivity contribution < 1.29 is 13.2 Å². The molecule has 4 rings (SSSR count). The van der Waals surface area contributed by atoms with Crippen LogP contribution in [-0.4, -0.2) is 20.0 Å². The number of nitrogens with zero attached hydrogens (tertiary/aromatic N) is 1. The van der Waals surface area contributed by atoms with Gasteiger partial charge in [-0.2, -0.15) is 5.10 Å². The van der Waals surface area contributed by atoms with E-state index in [4.69, 9.17) is 0 Å². The van der Waals surface area contributed by atoms with Crippen molar-refractivity contribution in [2.75, 3.05) is 4.72 Å². The van der Waals surface area contributed by atoms with E-state index in [-0.39, 0.29) is 10.1 Å². The second-order valence-electron chi connectivity index (χ2n) is 7.58. The number of hydrogen-bond acceptors (Lipinski definition) is 5. The van der Waals surface area contributed by atoms with Gasteiger partial charge in [-0.15, -0.1) is 11.3 Å². The summed E-state index contributed by atoms with van der Waals surface area (Å²) in [5.74, 6) is -0.336. The van der Waals surface area contributed by atoms with Crippen LogP contribution in [0.1, 0.15) is 45.5 Å². The van der Waals surface area contributed by atoms with Crippen LogP contribution in [0.4, 0.5) is 5.69 Å². The maximum absolute atomic E-state index is 12.6. The standard InChI is InChI=1S/C23H23N3O3S2/c1-15-13-16(2)19-5-3-6-21(20(19)14-15)24-25-23(27)17-8-10-18(11-9-17)26-31(28,29)22-7-4-12-30-22/h4,7-14,26H,3,5-6H2,1-2H3,(H,25,27)/b24-21-. The number of hydrogen-bond donors (Lipinski definition) is 2. The third-order valence-corrected chi connectivity index (χ3v) is 8.00. The fourth-order valence-electron chi connectivity index (χ4n) is 3.76. The summed E-state index contributed by atoms with van der Waals surface area (Å²) in [6, 6.07) is 13.8. The Labute approximate surface area is 186 Å². The molecule has 1 aliphatic carbocycles. The van der Waals surface area contributed by atoms with Crippen molar-refractivity contribution in [2.45, 2.75) is 37.3 Å². The van der Waals surface area contributed by atoms with Crippen LogP contribution in [0.5, 0.6) is 0 Å². The average Bonchev–Trinajstić information content (AvgIpc) is 3.28. The van der Waals surface area contributed by atoms with Crippen molar-refractivity contribution in [1.82, 2.24) is 5.43 Å². The van der Waals surface area contributed by atoms with Crippen molar-refractivity contribution in [2.24, 2.45) is 5.10 Å². The summed E-state index contributed by atoms with van der Waals surface area (Å²) in [6.07, 6.45) is 2.85. The molecule has 2 aromatic carbocycles. The second kappa shape index (κ2) is 8.64. The highest BCUT2D eigenvalue weighted by Crippen LogP contribution is 2.26. The van der Waals surface area contributed by atoms with Gasteiger partial charge >= 0.3 is 0 Å². The first-order valence-electron chi connectivity index (χ1n) is 9.97. The molecule has 0 bridgehead atoms. The fourth-order valence-corrected chi connectivity index (χ4v) is 5.82. The van der Waals surface area contributed by atoms with Crippen LogP contribution in [0.25, 0.3) is 0 Å². The molecule has 1 aromatic heterocycles. The van der Waals surface area contributed by atoms with Crippen molar-refractivity contribution in [3.8, 4) is 0 Å². The van der Waals surface area contributed by atoms with Gasteiger partial charge in [0.1, 0.15) is 4.21 Å². The first-order chi connectivity index (χ1) is 14.8. The van der Waals surface area contributed by atoms with E-state index in [0.717, 1.165) is 41.9 Å². The number of carbonyl (C=O) groups is 1. The van der Waals surface area contributed by atoms with E-state index in [0.29, 0.717) is 11.3 Å². The number of carbonyl (C=O) groups excluding carboxylic acids is 1. The Morgan fingerprint density at radius 3 is 2.55 bits per heavy atom. The first-order valence-corrected chi connectivity index (χ1v) is 12.3. The van der Waals surface area contributed by atoms with Crippen molar-refractivity contribution in [3.63, 3.8) is 0 Å². The molecule has 1 heterocycles. The molecule has 0 unspecified atom stereocenters. The van der Waals surface area contributed by atoms with E-state index in [9.17, 15) is 13.2 Å².